The highest BCUT2D eigenvalue weighted by molar-refractivity contribution is 5.66. The molecular formula is C14H24O4. The van der Waals surface area contributed by atoms with Crippen LogP contribution in [0.15, 0.2) is 23.8 Å². The van der Waals surface area contributed by atoms with Gasteiger partial charge in [0.15, 0.2) is 0 Å². The van der Waals surface area contributed by atoms with E-state index in [1.165, 1.54) is 12.5 Å². The van der Waals surface area contributed by atoms with Crippen molar-refractivity contribution < 1.29 is 19.4 Å². The smallest absolute Gasteiger partial charge is 0.303 e. The molecule has 0 rings (SSSR count). The maximum Gasteiger partial charge on any atom is 0.303 e. The van der Waals surface area contributed by atoms with Gasteiger partial charge in [-0.2, -0.15) is 0 Å². The molecule has 0 atom stereocenters. The van der Waals surface area contributed by atoms with E-state index >= 15 is 0 Å². The standard InChI is InChI=1S/2C7H12O2/c1-6(2)4-5-9-7(3)8;1-6(2)4-3-5-7(8)9/h1,4-5H2,2-3H3;4H,3,5H2,1-2H3,(H,8,9). The number of esters is 1. The summed E-state index contributed by atoms with van der Waals surface area (Å²) in [7, 11) is 0. The summed E-state index contributed by atoms with van der Waals surface area (Å²) in [5.74, 6) is -0.955. The van der Waals surface area contributed by atoms with E-state index in [0.29, 0.717) is 13.0 Å². The zero-order chi connectivity index (χ0) is 14.6. The fourth-order valence-electron chi connectivity index (χ4n) is 0.853. The van der Waals surface area contributed by atoms with Crippen molar-refractivity contribution in [2.75, 3.05) is 6.61 Å². The molecule has 0 aliphatic heterocycles. The summed E-state index contributed by atoms with van der Waals surface area (Å²) in [5.41, 5.74) is 2.22. The Morgan fingerprint density at radius 1 is 1.17 bits per heavy atom. The van der Waals surface area contributed by atoms with Gasteiger partial charge in [0.05, 0.1) is 6.61 Å². The van der Waals surface area contributed by atoms with Crippen LogP contribution in [0.5, 0.6) is 0 Å². The van der Waals surface area contributed by atoms with Crippen LogP contribution in [-0.2, 0) is 14.3 Å². The first-order chi connectivity index (χ1) is 8.25. The van der Waals surface area contributed by atoms with Crippen molar-refractivity contribution in [3.05, 3.63) is 23.8 Å². The highest BCUT2D eigenvalue weighted by Crippen LogP contribution is 1.96. The number of allylic oxidation sites excluding steroid dienone is 2. The predicted octanol–water partition coefficient (Wildman–Crippen LogP) is 3.33. The Labute approximate surface area is 109 Å². The number of carbonyl (C=O) groups is 2. The topological polar surface area (TPSA) is 63.6 Å². The molecule has 0 aromatic heterocycles. The van der Waals surface area contributed by atoms with Crippen LogP contribution < -0.4 is 0 Å². The molecule has 0 amide bonds. The minimum atomic E-state index is -0.729. The Morgan fingerprint density at radius 2 is 1.72 bits per heavy atom. The predicted molar refractivity (Wildman–Crippen MR) is 72.4 cm³/mol. The van der Waals surface area contributed by atoms with Gasteiger partial charge >= 0.3 is 11.9 Å². The molecule has 18 heavy (non-hydrogen) atoms. The van der Waals surface area contributed by atoms with Crippen molar-refractivity contribution in [3.63, 3.8) is 0 Å². The number of carboxylic acids is 1. The Balaban J connectivity index is 0. The Bertz CT molecular complexity index is 285. The van der Waals surface area contributed by atoms with Crippen molar-refractivity contribution in [1.29, 1.82) is 0 Å². The summed E-state index contributed by atoms with van der Waals surface area (Å²) in [4.78, 5) is 20.1. The van der Waals surface area contributed by atoms with Gasteiger partial charge in [-0.1, -0.05) is 17.2 Å². The van der Waals surface area contributed by atoms with Crippen molar-refractivity contribution in [3.8, 4) is 0 Å². The number of ether oxygens (including phenoxy) is 1. The number of rotatable bonds is 6. The average molecular weight is 256 g/mol. The number of aliphatic carboxylic acids is 1. The van der Waals surface area contributed by atoms with Gasteiger partial charge < -0.3 is 9.84 Å². The fourth-order valence-corrected chi connectivity index (χ4v) is 0.853. The van der Waals surface area contributed by atoms with Gasteiger partial charge in [-0.25, -0.2) is 0 Å². The summed E-state index contributed by atoms with van der Waals surface area (Å²) in [6.07, 6.45) is 3.58. The molecule has 0 aliphatic rings. The van der Waals surface area contributed by atoms with Crippen LogP contribution in [0, 0.1) is 0 Å². The van der Waals surface area contributed by atoms with Gasteiger partial charge in [-0.15, -0.1) is 6.58 Å². The zero-order valence-corrected chi connectivity index (χ0v) is 11.8. The lowest BCUT2D eigenvalue weighted by molar-refractivity contribution is -0.141. The normalized spacial score (nSPS) is 8.67. The van der Waals surface area contributed by atoms with E-state index in [1.54, 1.807) is 0 Å². The van der Waals surface area contributed by atoms with Gasteiger partial charge in [-0.3, -0.25) is 9.59 Å². The van der Waals surface area contributed by atoms with Gasteiger partial charge in [0.2, 0.25) is 0 Å². The van der Waals surface area contributed by atoms with E-state index in [2.05, 4.69) is 11.3 Å². The zero-order valence-electron chi connectivity index (χ0n) is 11.8. The van der Waals surface area contributed by atoms with Crippen LogP contribution in [0.1, 0.15) is 47.0 Å². The molecule has 0 aliphatic carbocycles. The monoisotopic (exact) mass is 256 g/mol. The molecular weight excluding hydrogens is 232 g/mol. The van der Waals surface area contributed by atoms with Crippen LogP contribution in [-0.4, -0.2) is 23.7 Å². The molecule has 0 spiro atoms. The first-order valence-corrected chi connectivity index (χ1v) is 5.88. The third-order valence-electron chi connectivity index (χ3n) is 1.74. The number of hydrogen-bond acceptors (Lipinski definition) is 3. The Morgan fingerprint density at radius 3 is 2.06 bits per heavy atom. The lowest BCUT2D eigenvalue weighted by Crippen LogP contribution is -1.99. The van der Waals surface area contributed by atoms with Gasteiger partial charge in [0.1, 0.15) is 0 Å². The maximum atomic E-state index is 10.2. The fraction of sp³-hybridized carbons (Fsp3) is 0.571. The molecule has 0 saturated carbocycles. The molecule has 4 nitrogen and oxygen atoms in total. The van der Waals surface area contributed by atoms with Crippen LogP contribution in [0.25, 0.3) is 0 Å². The van der Waals surface area contributed by atoms with Crippen molar-refractivity contribution >= 4 is 11.9 Å². The first kappa shape index (κ1) is 18.8. The van der Waals surface area contributed by atoms with Gasteiger partial charge in [-0.05, 0) is 27.2 Å². The molecule has 104 valence electrons. The van der Waals surface area contributed by atoms with Crippen molar-refractivity contribution in [2.45, 2.75) is 47.0 Å². The van der Waals surface area contributed by atoms with Crippen molar-refractivity contribution in [2.24, 2.45) is 0 Å². The number of hydrogen-bond donors (Lipinski definition) is 1. The molecule has 0 unspecified atom stereocenters. The first-order valence-electron chi connectivity index (χ1n) is 5.88. The third kappa shape index (κ3) is 23.9. The van der Waals surface area contributed by atoms with E-state index in [0.717, 1.165) is 12.0 Å². The molecule has 0 heterocycles. The van der Waals surface area contributed by atoms with E-state index in [1.807, 2.05) is 26.8 Å². The van der Waals surface area contributed by atoms with E-state index in [-0.39, 0.29) is 12.4 Å². The Kier molecular flexibility index (Phi) is 12.4. The molecule has 0 aromatic rings. The largest absolute Gasteiger partial charge is 0.481 e. The van der Waals surface area contributed by atoms with Gasteiger partial charge in [0.25, 0.3) is 0 Å². The average Bonchev–Trinajstić information content (AvgIpc) is 2.15. The molecule has 1 N–H and O–H groups in total. The summed E-state index contributed by atoms with van der Waals surface area (Å²) in [6, 6.07) is 0. The van der Waals surface area contributed by atoms with Gasteiger partial charge in [0, 0.05) is 19.8 Å². The van der Waals surface area contributed by atoms with Crippen LogP contribution in [0.3, 0.4) is 0 Å². The molecule has 0 aromatic carbocycles. The Hall–Kier alpha value is -1.58. The maximum absolute atomic E-state index is 10.2. The second kappa shape index (κ2) is 11.9. The molecule has 0 fully saturated rings. The van der Waals surface area contributed by atoms with Crippen molar-refractivity contribution in [1.82, 2.24) is 0 Å². The van der Waals surface area contributed by atoms with E-state index in [4.69, 9.17) is 5.11 Å². The molecule has 0 saturated heterocycles. The molecule has 0 radical (unpaired) electrons. The minimum absolute atomic E-state index is 0.226. The SMILES string of the molecule is C=C(C)CCOC(C)=O.CC(C)=CCCC(=O)O. The van der Waals surface area contributed by atoms with E-state index in [9.17, 15) is 9.59 Å². The quantitative estimate of drug-likeness (QED) is 0.585. The highest BCUT2D eigenvalue weighted by atomic mass is 16.5. The summed E-state index contributed by atoms with van der Waals surface area (Å²) >= 11 is 0. The summed E-state index contributed by atoms with van der Waals surface area (Å²) < 4.78 is 4.65. The summed E-state index contributed by atoms with van der Waals surface area (Å²) in [6.45, 7) is 11.4. The highest BCUT2D eigenvalue weighted by Gasteiger charge is 1.91. The lowest BCUT2D eigenvalue weighted by atomic mass is 10.2. The number of carbonyl (C=O) groups excluding carboxylic acids is 1. The second-order valence-electron chi connectivity index (χ2n) is 4.26. The van der Waals surface area contributed by atoms with Crippen LogP contribution >= 0.6 is 0 Å². The van der Waals surface area contributed by atoms with Crippen LogP contribution in [0.4, 0.5) is 0 Å². The number of carboxylic acid groups (broad SMARTS) is 1. The lowest BCUT2D eigenvalue weighted by Gasteiger charge is -1.98. The minimum Gasteiger partial charge on any atom is -0.481 e. The molecule has 4 heteroatoms. The second-order valence-corrected chi connectivity index (χ2v) is 4.26. The van der Waals surface area contributed by atoms with E-state index < -0.39 is 5.97 Å². The molecule has 0 bridgehead atoms. The third-order valence-corrected chi connectivity index (χ3v) is 1.74. The van der Waals surface area contributed by atoms with Crippen LogP contribution in [0.2, 0.25) is 0 Å². The summed E-state index contributed by atoms with van der Waals surface area (Å²) in [5, 5.41) is 8.20.